The highest BCUT2D eigenvalue weighted by Gasteiger charge is 2.62. The van der Waals surface area contributed by atoms with Crippen LogP contribution in [0.1, 0.15) is 203 Å². The number of fused-ring (bicyclic) bond motifs is 18. The van der Waals surface area contributed by atoms with E-state index in [1.54, 1.807) is 0 Å². The van der Waals surface area contributed by atoms with Crippen molar-refractivity contribution in [2.45, 2.75) is 230 Å². The summed E-state index contributed by atoms with van der Waals surface area (Å²) in [6.07, 6.45) is 19.0. The minimum atomic E-state index is -0.106. The Morgan fingerprint density at radius 2 is 0.405 bits per heavy atom. The van der Waals surface area contributed by atoms with Crippen molar-refractivity contribution in [1.29, 1.82) is 0 Å². The summed E-state index contributed by atoms with van der Waals surface area (Å²) in [7, 11) is 0. The van der Waals surface area contributed by atoms with Gasteiger partial charge < -0.3 is 19.6 Å². The Morgan fingerprint density at radius 3 is 0.627 bits per heavy atom. The molecule has 25 rings (SSSR count). The molecule has 4 saturated carbocycles. The number of hydrogen-bond acceptors (Lipinski definition) is 4. The summed E-state index contributed by atoms with van der Waals surface area (Å²) in [5.41, 5.74) is 36.8. The van der Waals surface area contributed by atoms with Crippen LogP contribution in [0.5, 0.6) is 0 Å². The summed E-state index contributed by atoms with van der Waals surface area (Å²) < 4.78 is 0. The van der Waals surface area contributed by atoms with Crippen LogP contribution in [-0.4, -0.2) is 22.2 Å². The first-order valence-electron chi connectivity index (χ1n) is 47.7. The Morgan fingerprint density at radius 1 is 0.198 bits per heavy atom. The van der Waals surface area contributed by atoms with Gasteiger partial charge in [0.1, 0.15) is 0 Å². The number of rotatable bonds is 10. The van der Waals surface area contributed by atoms with Crippen LogP contribution in [0.15, 0.2) is 279 Å². The molecule has 126 heavy (non-hydrogen) atoms. The summed E-state index contributed by atoms with van der Waals surface area (Å²) in [4.78, 5) is 11.1. The van der Waals surface area contributed by atoms with E-state index in [0.717, 1.165) is 51.4 Å². The maximum Gasteiger partial charge on any atom is 0.0517 e. The molecule has 622 valence electrons. The van der Waals surface area contributed by atoms with Crippen LogP contribution in [0.3, 0.4) is 0 Å². The van der Waals surface area contributed by atoms with Gasteiger partial charge in [0.25, 0.3) is 0 Å². The third-order valence-electron chi connectivity index (χ3n) is 36.0. The molecule has 4 heteroatoms. The summed E-state index contributed by atoms with van der Waals surface area (Å²) in [5, 5.41) is 16.0. The maximum absolute atomic E-state index is 2.77. The van der Waals surface area contributed by atoms with Crippen molar-refractivity contribution in [2.24, 2.45) is 0 Å². The van der Waals surface area contributed by atoms with E-state index in [0.29, 0.717) is 0 Å². The molecule has 0 spiro atoms. The van der Waals surface area contributed by atoms with Gasteiger partial charge in [0, 0.05) is 67.2 Å². The van der Waals surface area contributed by atoms with Crippen molar-refractivity contribution in [3.63, 3.8) is 0 Å². The van der Waals surface area contributed by atoms with Crippen molar-refractivity contribution in [3.05, 3.63) is 324 Å². The molecule has 17 aromatic rings. The van der Waals surface area contributed by atoms with Crippen LogP contribution in [0.2, 0.25) is 0 Å². The van der Waals surface area contributed by atoms with Crippen molar-refractivity contribution in [2.75, 3.05) is 19.6 Å². The lowest BCUT2D eigenvalue weighted by Gasteiger charge is -2.50. The van der Waals surface area contributed by atoms with Crippen molar-refractivity contribution in [3.8, 4) is 66.8 Å². The first-order chi connectivity index (χ1) is 61.1. The smallest absolute Gasteiger partial charge is 0.0517 e. The molecule has 0 saturated heterocycles. The molecule has 4 aliphatic carbocycles. The van der Waals surface area contributed by atoms with Crippen LogP contribution in [0.4, 0.5) is 45.5 Å². The SMILES string of the molecule is Cc1cc2c(cc1-c1ccc3c4c(-c5ccccc5)c5c6ccc(-c7cc8c(cc7C)N(c7ccccc7)C7(C)CCCCC87C)c7c(-c8cc9c(cc8C)N(c8ccccc8)C8(C)CCCCC98C)ccc(c5c(-c5ccccc5)c4c4ccc(-c5cc8c(cc5C)N(c5ccccc5)C5(C)CCCCC85C)c1c34)c76)C1(C)CCCCC1(C)N2c1ccccc1. The largest absolute Gasteiger partial charge is 0.334 e. The molecule has 17 aromatic carbocycles. The molecule has 4 nitrogen and oxygen atoms in total. The fraction of sp³-hybridized carbons (Fsp3) is 0.295. The molecule has 0 radical (unpaired) electrons. The minimum absolute atomic E-state index is 0.0911. The number of anilines is 8. The number of para-hydroxylation sites is 4. The standard InChI is InChI=1S/C122H114N4/c1-75-67-101-97(115(5)59-31-35-63-119(115,9)123(101)81-43-23-15-24-44-81)71-93(75)85-51-55-89-109-90(56-52-86(107(85)109)94-72-98-102(68-76(94)2)124(82-45-25-16-26-46-82)120(10)64-36-32-60-116(98,120)6)112-106(80-41-21-14-22-42-80)114-92-58-54-88(96-74-100-104(70-78(96)4)126(84-49-29-18-30-50-84)122(12)66-38-34-62-118(100,122)8)108-87(53-57-91(110(92)108)113(114)105(111(89)112)79-39-19-13-20-40-79)95-73-99-103(69-77(95)3)125(83-47-27-17-28-48-83)121(11)65-37-33-61-117(99,121)7/h13-30,39-58,67-74H,31-38,59-66H2,1-12H3. The summed E-state index contributed by atoms with van der Waals surface area (Å²) in [6.45, 7) is 30.6. The Bertz CT molecular complexity index is 6590. The molecule has 8 atom stereocenters. The van der Waals surface area contributed by atoms with Gasteiger partial charge in [-0.15, -0.1) is 0 Å². The Labute approximate surface area is 744 Å². The number of nitrogens with zero attached hydrogens (tertiary/aromatic N) is 4. The van der Waals surface area contributed by atoms with Gasteiger partial charge in [-0.1, -0.05) is 261 Å². The molecule has 0 N–H and O–H groups in total. The van der Waals surface area contributed by atoms with Crippen LogP contribution in [-0.2, 0) is 21.7 Å². The second kappa shape index (κ2) is 26.8. The van der Waals surface area contributed by atoms with Gasteiger partial charge >= 0.3 is 0 Å². The van der Waals surface area contributed by atoms with E-state index >= 15 is 0 Å². The molecule has 4 fully saturated rings. The average Bonchev–Trinajstić information content (AvgIpc) is 1.51. The Balaban J connectivity index is 0.813. The Hall–Kier alpha value is -12.0. The zero-order valence-corrected chi connectivity index (χ0v) is 75.7. The third kappa shape index (κ3) is 9.77. The molecule has 0 amide bonds. The van der Waals surface area contributed by atoms with Crippen molar-refractivity contribution >= 4 is 110 Å². The van der Waals surface area contributed by atoms with Gasteiger partial charge in [-0.05, 0) is 380 Å². The van der Waals surface area contributed by atoms with Crippen molar-refractivity contribution in [1.82, 2.24) is 0 Å². The van der Waals surface area contributed by atoms with Gasteiger partial charge in [-0.25, -0.2) is 0 Å². The van der Waals surface area contributed by atoms with E-state index in [2.05, 4.69) is 382 Å². The minimum Gasteiger partial charge on any atom is -0.334 e. The summed E-state index contributed by atoms with van der Waals surface area (Å²) in [5.74, 6) is 0. The lowest BCUT2D eigenvalue weighted by molar-refractivity contribution is 0.195. The lowest BCUT2D eigenvalue weighted by Crippen LogP contribution is -2.54. The maximum atomic E-state index is 2.77. The highest BCUT2D eigenvalue weighted by Crippen LogP contribution is 2.69. The van der Waals surface area contributed by atoms with E-state index in [1.165, 1.54) is 273 Å². The lowest BCUT2D eigenvalue weighted by atomic mass is 9.61. The van der Waals surface area contributed by atoms with E-state index in [-0.39, 0.29) is 43.8 Å². The van der Waals surface area contributed by atoms with Gasteiger partial charge in [0.05, 0.1) is 22.2 Å². The van der Waals surface area contributed by atoms with Crippen molar-refractivity contribution < 1.29 is 0 Å². The first kappa shape index (κ1) is 76.5. The average molecular weight is 1640 g/mol. The molecule has 0 bridgehead atoms. The molecule has 4 heterocycles. The first-order valence-corrected chi connectivity index (χ1v) is 47.7. The highest BCUT2D eigenvalue weighted by molar-refractivity contribution is 6.48. The summed E-state index contributed by atoms with van der Waals surface area (Å²) >= 11 is 0. The predicted octanol–water partition coefficient (Wildman–Crippen LogP) is 33.7. The highest BCUT2D eigenvalue weighted by atomic mass is 15.3. The third-order valence-corrected chi connectivity index (χ3v) is 36.0. The topological polar surface area (TPSA) is 13.0 Å². The van der Waals surface area contributed by atoms with E-state index in [1.807, 2.05) is 0 Å². The molecule has 8 unspecified atom stereocenters. The second-order valence-electron chi connectivity index (χ2n) is 41.8. The zero-order chi connectivity index (χ0) is 85.2. The van der Waals surface area contributed by atoms with Gasteiger partial charge in [0.2, 0.25) is 0 Å². The second-order valence-corrected chi connectivity index (χ2v) is 41.8. The predicted molar refractivity (Wildman–Crippen MR) is 537 cm³/mol. The zero-order valence-electron chi connectivity index (χ0n) is 75.7. The quantitative estimate of drug-likeness (QED) is 0.135. The van der Waals surface area contributed by atoms with E-state index in [4.69, 9.17) is 0 Å². The van der Waals surface area contributed by atoms with Crippen LogP contribution >= 0.6 is 0 Å². The summed E-state index contributed by atoms with van der Waals surface area (Å²) in [6, 6.07) is 111. The fourth-order valence-corrected chi connectivity index (χ4v) is 28.9. The van der Waals surface area contributed by atoms with Gasteiger partial charge in [-0.3, -0.25) is 0 Å². The number of benzene rings is 15. The van der Waals surface area contributed by atoms with Crippen LogP contribution < -0.4 is 19.6 Å². The van der Waals surface area contributed by atoms with E-state index < -0.39 is 0 Å². The van der Waals surface area contributed by atoms with Gasteiger partial charge in [0.15, 0.2) is 0 Å². The monoisotopic (exact) mass is 1630 g/mol. The van der Waals surface area contributed by atoms with E-state index in [9.17, 15) is 0 Å². The van der Waals surface area contributed by atoms with Gasteiger partial charge in [-0.2, -0.15) is 0 Å². The fourth-order valence-electron chi connectivity index (χ4n) is 28.9. The molecular weight excluding hydrogens is 1520 g/mol. The van der Waals surface area contributed by atoms with Crippen LogP contribution in [0.25, 0.3) is 131 Å². The molecular formula is C122H114N4. The van der Waals surface area contributed by atoms with Crippen LogP contribution in [0, 0.1) is 27.7 Å². The molecule has 8 aliphatic rings. The molecule has 0 aromatic heterocycles. The normalized spacial score (nSPS) is 25.3. The molecule has 4 aliphatic heterocycles. The number of hydrogen-bond donors (Lipinski definition) is 0. The Kier molecular flexibility index (Phi) is 16.3. The number of aryl methyl sites for hydroxylation is 4.